The molecule has 0 aliphatic heterocycles. The quantitative estimate of drug-likeness (QED) is 0.648. The van der Waals surface area contributed by atoms with Crippen molar-refractivity contribution in [3.05, 3.63) is 29.7 Å². The summed E-state index contributed by atoms with van der Waals surface area (Å²) in [5.41, 5.74) is 2.16. The molecule has 0 bridgehead atoms. The van der Waals surface area contributed by atoms with E-state index in [2.05, 4.69) is 16.2 Å². The van der Waals surface area contributed by atoms with Crippen molar-refractivity contribution in [3.63, 3.8) is 0 Å². The van der Waals surface area contributed by atoms with Gasteiger partial charge in [-0.1, -0.05) is 6.92 Å². The third-order valence-electron chi connectivity index (χ3n) is 1.89. The van der Waals surface area contributed by atoms with Crippen LogP contribution in [0.2, 0.25) is 0 Å². The summed E-state index contributed by atoms with van der Waals surface area (Å²) in [5, 5.41) is 12.8. The summed E-state index contributed by atoms with van der Waals surface area (Å²) in [5.74, 6) is 0. The Morgan fingerprint density at radius 1 is 1.62 bits per heavy atom. The van der Waals surface area contributed by atoms with Crippen molar-refractivity contribution in [1.82, 2.24) is 14.6 Å². The molecule has 0 aliphatic rings. The summed E-state index contributed by atoms with van der Waals surface area (Å²) < 4.78 is 1.64. The molecule has 2 aromatic rings. The molecule has 0 amide bonds. The molecule has 2 aromatic heterocycles. The second-order valence-corrected chi connectivity index (χ2v) is 2.71. The molecule has 2 rings (SSSR count). The summed E-state index contributed by atoms with van der Waals surface area (Å²) >= 11 is 0. The zero-order valence-corrected chi connectivity index (χ0v) is 7.23. The van der Waals surface area contributed by atoms with Crippen LogP contribution in [-0.2, 0) is 6.42 Å². The molecular formula is C9H8N4. The highest BCUT2D eigenvalue weighted by Gasteiger charge is 2.04. The number of aryl methyl sites for hydroxylation is 1. The second kappa shape index (κ2) is 2.87. The van der Waals surface area contributed by atoms with E-state index in [9.17, 15) is 0 Å². The van der Waals surface area contributed by atoms with Gasteiger partial charge in [-0.25, -0.2) is 9.50 Å². The monoisotopic (exact) mass is 172 g/mol. The Hall–Kier alpha value is -1.89. The van der Waals surface area contributed by atoms with Gasteiger partial charge in [0.2, 0.25) is 0 Å². The van der Waals surface area contributed by atoms with Gasteiger partial charge in [0.05, 0.1) is 17.5 Å². The fraction of sp³-hybridized carbons (Fsp3) is 0.222. The molecule has 0 aliphatic carbocycles. The molecule has 0 N–H and O–H groups in total. The molecule has 64 valence electrons. The minimum absolute atomic E-state index is 0.565. The Morgan fingerprint density at radius 2 is 2.46 bits per heavy atom. The van der Waals surface area contributed by atoms with Gasteiger partial charge in [0.1, 0.15) is 6.07 Å². The molecule has 13 heavy (non-hydrogen) atoms. The van der Waals surface area contributed by atoms with E-state index in [-0.39, 0.29) is 0 Å². The third kappa shape index (κ3) is 1.14. The first-order valence-corrected chi connectivity index (χ1v) is 4.08. The molecule has 0 saturated heterocycles. The average molecular weight is 172 g/mol. The van der Waals surface area contributed by atoms with Gasteiger partial charge in [-0.15, -0.1) is 0 Å². The molecule has 0 saturated carbocycles. The summed E-state index contributed by atoms with van der Waals surface area (Å²) in [7, 11) is 0. The van der Waals surface area contributed by atoms with Crippen LogP contribution >= 0.6 is 0 Å². The van der Waals surface area contributed by atoms with Gasteiger partial charge in [-0.2, -0.15) is 10.4 Å². The molecule has 0 aromatic carbocycles. The SMILES string of the molecule is CCc1cn2nccc(C#N)c2n1. The van der Waals surface area contributed by atoms with E-state index in [4.69, 9.17) is 5.26 Å². The lowest BCUT2D eigenvalue weighted by Gasteiger charge is -1.90. The Morgan fingerprint density at radius 3 is 3.15 bits per heavy atom. The zero-order chi connectivity index (χ0) is 9.26. The molecule has 0 fully saturated rings. The topological polar surface area (TPSA) is 54.0 Å². The highest BCUT2D eigenvalue weighted by Crippen LogP contribution is 2.08. The fourth-order valence-electron chi connectivity index (χ4n) is 1.20. The minimum Gasteiger partial charge on any atom is -0.231 e. The molecular weight excluding hydrogens is 164 g/mol. The maximum absolute atomic E-state index is 8.79. The molecule has 0 spiro atoms. The minimum atomic E-state index is 0.565. The van der Waals surface area contributed by atoms with Crippen LogP contribution in [0.1, 0.15) is 18.2 Å². The van der Waals surface area contributed by atoms with Crippen molar-refractivity contribution >= 4 is 5.65 Å². The molecule has 4 nitrogen and oxygen atoms in total. The molecule has 2 heterocycles. The number of nitriles is 1. The van der Waals surface area contributed by atoms with Crippen LogP contribution in [0.5, 0.6) is 0 Å². The van der Waals surface area contributed by atoms with Gasteiger partial charge in [0, 0.05) is 6.20 Å². The highest BCUT2D eigenvalue weighted by molar-refractivity contribution is 5.54. The number of nitrogens with zero attached hydrogens (tertiary/aromatic N) is 4. The predicted octanol–water partition coefficient (Wildman–Crippen LogP) is 1.16. The van der Waals surface area contributed by atoms with Crippen LogP contribution in [-0.4, -0.2) is 14.6 Å². The van der Waals surface area contributed by atoms with Gasteiger partial charge in [0.25, 0.3) is 0 Å². The molecule has 0 radical (unpaired) electrons. The lowest BCUT2D eigenvalue weighted by atomic mass is 10.3. The number of rotatable bonds is 1. The van der Waals surface area contributed by atoms with Crippen molar-refractivity contribution in [2.24, 2.45) is 0 Å². The van der Waals surface area contributed by atoms with E-state index in [1.165, 1.54) is 0 Å². The number of hydrogen-bond donors (Lipinski definition) is 0. The lowest BCUT2D eigenvalue weighted by Crippen LogP contribution is -1.91. The predicted molar refractivity (Wildman–Crippen MR) is 47.1 cm³/mol. The lowest BCUT2D eigenvalue weighted by molar-refractivity contribution is 0.928. The zero-order valence-electron chi connectivity index (χ0n) is 7.23. The van der Waals surface area contributed by atoms with Crippen molar-refractivity contribution in [2.75, 3.05) is 0 Å². The van der Waals surface area contributed by atoms with Gasteiger partial charge in [-0.3, -0.25) is 0 Å². The maximum atomic E-state index is 8.79. The van der Waals surface area contributed by atoms with Crippen LogP contribution < -0.4 is 0 Å². The van der Waals surface area contributed by atoms with Crippen LogP contribution in [0.3, 0.4) is 0 Å². The van der Waals surface area contributed by atoms with Crippen molar-refractivity contribution in [2.45, 2.75) is 13.3 Å². The fourth-order valence-corrected chi connectivity index (χ4v) is 1.20. The third-order valence-corrected chi connectivity index (χ3v) is 1.89. The summed E-state index contributed by atoms with van der Waals surface area (Å²) in [6.07, 6.45) is 4.30. The maximum Gasteiger partial charge on any atom is 0.171 e. The number of hydrogen-bond acceptors (Lipinski definition) is 3. The van der Waals surface area contributed by atoms with E-state index in [1.807, 2.05) is 13.1 Å². The first kappa shape index (κ1) is 7.74. The van der Waals surface area contributed by atoms with E-state index in [1.54, 1.807) is 16.8 Å². The second-order valence-electron chi connectivity index (χ2n) is 2.71. The van der Waals surface area contributed by atoms with E-state index >= 15 is 0 Å². The standard InChI is InChI=1S/C9H8N4/c1-2-8-6-13-9(12-8)7(5-10)3-4-11-13/h3-4,6H,2H2,1H3. The average Bonchev–Trinajstić information content (AvgIpc) is 2.59. The van der Waals surface area contributed by atoms with E-state index in [0.717, 1.165) is 12.1 Å². The van der Waals surface area contributed by atoms with Crippen LogP contribution in [0.25, 0.3) is 5.65 Å². The van der Waals surface area contributed by atoms with Crippen LogP contribution in [0.4, 0.5) is 0 Å². The van der Waals surface area contributed by atoms with Gasteiger partial charge < -0.3 is 0 Å². The van der Waals surface area contributed by atoms with E-state index in [0.29, 0.717) is 11.2 Å². The Labute approximate surface area is 75.4 Å². The highest BCUT2D eigenvalue weighted by atomic mass is 15.2. The van der Waals surface area contributed by atoms with Gasteiger partial charge >= 0.3 is 0 Å². The van der Waals surface area contributed by atoms with Crippen LogP contribution in [0.15, 0.2) is 18.5 Å². The van der Waals surface area contributed by atoms with Crippen molar-refractivity contribution < 1.29 is 0 Å². The number of aromatic nitrogens is 3. The Balaban J connectivity index is 2.76. The number of imidazole rings is 1. The summed E-state index contributed by atoms with van der Waals surface area (Å²) in [6, 6.07) is 3.75. The summed E-state index contributed by atoms with van der Waals surface area (Å²) in [6.45, 7) is 2.02. The largest absolute Gasteiger partial charge is 0.231 e. The van der Waals surface area contributed by atoms with Crippen molar-refractivity contribution in [3.8, 4) is 6.07 Å². The Bertz CT molecular complexity index is 478. The van der Waals surface area contributed by atoms with Crippen molar-refractivity contribution in [1.29, 1.82) is 5.26 Å². The molecule has 4 heteroatoms. The van der Waals surface area contributed by atoms with Gasteiger partial charge in [0.15, 0.2) is 5.65 Å². The van der Waals surface area contributed by atoms with Crippen LogP contribution in [0, 0.1) is 11.3 Å². The molecule has 0 unspecified atom stereocenters. The first-order valence-electron chi connectivity index (χ1n) is 4.08. The number of fused-ring (bicyclic) bond motifs is 1. The summed E-state index contributed by atoms with van der Waals surface area (Å²) in [4.78, 5) is 4.28. The Kier molecular flexibility index (Phi) is 1.71. The molecule has 0 atom stereocenters. The van der Waals surface area contributed by atoms with Gasteiger partial charge in [-0.05, 0) is 12.5 Å². The normalized spacial score (nSPS) is 10.2. The first-order chi connectivity index (χ1) is 6.35. The van der Waals surface area contributed by atoms with E-state index < -0.39 is 0 Å². The smallest absolute Gasteiger partial charge is 0.171 e.